The van der Waals surface area contributed by atoms with Crippen molar-refractivity contribution in [2.24, 2.45) is 0 Å². The van der Waals surface area contributed by atoms with E-state index in [1.807, 2.05) is 21.1 Å². The molecule has 60 heavy (non-hydrogen) atoms. The van der Waals surface area contributed by atoms with Crippen molar-refractivity contribution in [2.75, 3.05) is 40.9 Å². The van der Waals surface area contributed by atoms with Crippen LogP contribution in [0.25, 0.3) is 0 Å². The standard InChI is InChI=1S/C51H105N2O6P/c1-6-8-10-12-13-14-15-16-17-18-19-20-21-22-23-24-25-26-27-28-29-30-31-32-33-34-35-36-37-38-39-41-43-45-51(55)52-49(50(54)44-42-40-11-9-7-2)48-59-60(56,57)58-47-46-53(3,4)5/h49-50,54H,6-48H2,1-5H3,(H-,52,55,56,57). The van der Waals surface area contributed by atoms with Gasteiger partial charge in [0.2, 0.25) is 5.91 Å². The molecule has 0 aliphatic heterocycles. The Morgan fingerprint density at radius 3 is 1.13 bits per heavy atom. The molecular weight excluding hydrogens is 768 g/mol. The number of hydrogen-bond acceptors (Lipinski definition) is 6. The summed E-state index contributed by atoms with van der Waals surface area (Å²) in [6.45, 7) is 4.66. The van der Waals surface area contributed by atoms with Crippen molar-refractivity contribution >= 4 is 13.7 Å². The molecular formula is C51H105N2O6P. The predicted octanol–water partition coefficient (Wildman–Crippen LogP) is 14.7. The second kappa shape index (κ2) is 43.7. The number of quaternary nitrogens is 1. The van der Waals surface area contributed by atoms with Gasteiger partial charge in [0, 0.05) is 6.42 Å². The molecule has 0 aromatic carbocycles. The van der Waals surface area contributed by atoms with E-state index in [9.17, 15) is 19.4 Å². The average Bonchev–Trinajstić information content (AvgIpc) is 3.20. The van der Waals surface area contributed by atoms with Gasteiger partial charge >= 0.3 is 0 Å². The van der Waals surface area contributed by atoms with E-state index in [0.29, 0.717) is 23.9 Å². The number of rotatable bonds is 49. The van der Waals surface area contributed by atoms with Crippen LogP contribution in [0.1, 0.15) is 271 Å². The summed E-state index contributed by atoms with van der Waals surface area (Å²) in [4.78, 5) is 25.2. The van der Waals surface area contributed by atoms with Crippen LogP contribution in [0.15, 0.2) is 0 Å². The van der Waals surface area contributed by atoms with Gasteiger partial charge in [-0.05, 0) is 12.8 Å². The highest BCUT2D eigenvalue weighted by atomic mass is 31.2. The number of carbonyl (C=O) groups is 1. The second-order valence-corrected chi connectivity index (χ2v) is 21.0. The van der Waals surface area contributed by atoms with Crippen LogP contribution in [0.2, 0.25) is 0 Å². The highest BCUT2D eigenvalue weighted by molar-refractivity contribution is 7.45. The van der Waals surface area contributed by atoms with Gasteiger partial charge < -0.3 is 28.8 Å². The number of aliphatic hydroxyl groups excluding tert-OH is 1. The highest BCUT2D eigenvalue weighted by Gasteiger charge is 2.24. The molecule has 3 unspecified atom stereocenters. The van der Waals surface area contributed by atoms with Crippen molar-refractivity contribution < 1.29 is 32.9 Å². The molecule has 8 nitrogen and oxygen atoms in total. The number of likely N-dealkylation sites (N-methyl/N-ethyl adjacent to an activating group) is 1. The quantitative estimate of drug-likeness (QED) is 0.0358. The summed E-state index contributed by atoms with van der Waals surface area (Å²) in [6, 6.07) is -0.791. The van der Waals surface area contributed by atoms with Gasteiger partial charge in [-0.15, -0.1) is 0 Å². The molecule has 0 saturated heterocycles. The third-order valence-corrected chi connectivity index (χ3v) is 13.3. The van der Waals surface area contributed by atoms with Gasteiger partial charge in [0.25, 0.3) is 7.82 Å². The minimum absolute atomic E-state index is 0.0149. The maximum atomic E-state index is 12.8. The molecule has 0 bridgehead atoms. The van der Waals surface area contributed by atoms with Gasteiger partial charge in [-0.3, -0.25) is 9.36 Å². The topological polar surface area (TPSA) is 108 Å². The SMILES string of the molecule is CCCCCCCCCCCCCCCCCCCCCCCCCCCCCCCCCCCC(=O)NC(COP(=O)([O-])OCC[N+](C)(C)C)C(O)CCCCCCC. The first kappa shape index (κ1) is 59.5. The van der Waals surface area contributed by atoms with Gasteiger partial charge in [-0.1, -0.05) is 251 Å². The molecule has 1 amide bonds. The normalized spacial score (nSPS) is 14.1. The summed E-state index contributed by atoms with van der Waals surface area (Å²) in [5.41, 5.74) is 0. The molecule has 0 heterocycles. The number of phosphoric ester groups is 1. The Balaban J connectivity index is 3.71. The number of aliphatic hydroxyl groups is 1. The van der Waals surface area contributed by atoms with Gasteiger partial charge in [-0.2, -0.15) is 0 Å². The number of nitrogens with one attached hydrogen (secondary N) is 1. The van der Waals surface area contributed by atoms with Crippen LogP contribution >= 0.6 is 7.82 Å². The molecule has 0 rings (SSSR count). The summed E-state index contributed by atoms with van der Waals surface area (Å²) in [5.74, 6) is -0.166. The number of hydrogen-bond donors (Lipinski definition) is 2. The van der Waals surface area contributed by atoms with E-state index in [1.165, 1.54) is 193 Å². The fourth-order valence-electron chi connectivity index (χ4n) is 8.16. The molecule has 3 atom stereocenters. The van der Waals surface area contributed by atoms with Gasteiger partial charge in [0.15, 0.2) is 0 Å². The number of nitrogens with zero attached hydrogens (tertiary/aromatic N) is 1. The Bertz CT molecular complexity index is 947. The fraction of sp³-hybridized carbons (Fsp3) is 0.980. The lowest BCUT2D eigenvalue weighted by Crippen LogP contribution is -2.46. The number of carbonyl (C=O) groups excluding carboxylic acids is 1. The summed E-state index contributed by atoms with van der Waals surface area (Å²) in [6.07, 6.45) is 50.6. The largest absolute Gasteiger partial charge is 0.756 e. The molecule has 2 N–H and O–H groups in total. The second-order valence-electron chi connectivity index (χ2n) is 19.6. The smallest absolute Gasteiger partial charge is 0.268 e. The van der Waals surface area contributed by atoms with Crippen LogP contribution in [-0.4, -0.2) is 68.5 Å². The zero-order valence-corrected chi connectivity index (χ0v) is 41.8. The molecule has 0 spiro atoms. The Hall–Kier alpha value is -0.500. The summed E-state index contributed by atoms with van der Waals surface area (Å²) >= 11 is 0. The van der Waals surface area contributed by atoms with Gasteiger partial charge in [0.05, 0.1) is 39.9 Å². The molecule has 0 fully saturated rings. The zero-order chi connectivity index (χ0) is 44.3. The Morgan fingerprint density at radius 2 is 0.817 bits per heavy atom. The number of unbranched alkanes of at least 4 members (excludes halogenated alkanes) is 36. The maximum absolute atomic E-state index is 12.8. The highest BCUT2D eigenvalue weighted by Crippen LogP contribution is 2.38. The van der Waals surface area contributed by atoms with E-state index in [2.05, 4.69) is 19.2 Å². The minimum atomic E-state index is -4.54. The first-order valence-corrected chi connectivity index (χ1v) is 27.8. The maximum Gasteiger partial charge on any atom is 0.268 e. The fourth-order valence-corrected chi connectivity index (χ4v) is 8.88. The van der Waals surface area contributed by atoms with Crippen LogP contribution in [0, 0.1) is 0 Å². The van der Waals surface area contributed by atoms with Crippen LogP contribution in [-0.2, 0) is 18.4 Å². The van der Waals surface area contributed by atoms with E-state index >= 15 is 0 Å². The molecule has 0 aromatic heterocycles. The van der Waals surface area contributed by atoms with Crippen LogP contribution < -0.4 is 10.2 Å². The van der Waals surface area contributed by atoms with Crippen LogP contribution in [0.5, 0.6) is 0 Å². The van der Waals surface area contributed by atoms with Crippen molar-refractivity contribution in [3.05, 3.63) is 0 Å². The zero-order valence-electron chi connectivity index (χ0n) is 40.9. The summed E-state index contributed by atoms with van der Waals surface area (Å²) in [7, 11) is 1.31. The monoisotopic (exact) mass is 873 g/mol. The molecule has 0 aliphatic carbocycles. The van der Waals surface area contributed by atoms with Gasteiger partial charge in [0.1, 0.15) is 13.2 Å². The van der Waals surface area contributed by atoms with Crippen LogP contribution in [0.4, 0.5) is 0 Å². The Morgan fingerprint density at radius 1 is 0.517 bits per heavy atom. The first-order chi connectivity index (χ1) is 29.0. The lowest BCUT2D eigenvalue weighted by molar-refractivity contribution is -0.870. The van der Waals surface area contributed by atoms with E-state index in [0.717, 1.165) is 51.4 Å². The van der Waals surface area contributed by atoms with Gasteiger partial charge in [-0.25, -0.2) is 0 Å². The van der Waals surface area contributed by atoms with Crippen molar-refractivity contribution in [3.8, 4) is 0 Å². The molecule has 0 aliphatic rings. The Kier molecular flexibility index (Phi) is 43.4. The lowest BCUT2D eigenvalue weighted by atomic mass is 10.0. The molecule has 0 aromatic rings. The Labute approximate surface area is 374 Å². The van der Waals surface area contributed by atoms with Crippen molar-refractivity contribution in [1.82, 2.24) is 5.32 Å². The lowest BCUT2D eigenvalue weighted by Gasteiger charge is -2.30. The first-order valence-electron chi connectivity index (χ1n) is 26.4. The van der Waals surface area contributed by atoms with E-state index in [1.54, 1.807) is 0 Å². The average molecular weight is 873 g/mol. The van der Waals surface area contributed by atoms with Crippen molar-refractivity contribution in [1.29, 1.82) is 0 Å². The van der Waals surface area contributed by atoms with Crippen molar-refractivity contribution in [2.45, 2.75) is 283 Å². The van der Waals surface area contributed by atoms with E-state index in [-0.39, 0.29) is 19.1 Å². The molecule has 0 radical (unpaired) electrons. The molecule has 360 valence electrons. The van der Waals surface area contributed by atoms with E-state index in [4.69, 9.17) is 9.05 Å². The van der Waals surface area contributed by atoms with Crippen molar-refractivity contribution in [3.63, 3.8) is 0 Å². The third kappa shape index (κ3) is 45.5. The van der Waals surface area contributed by atoms with Crippen LogP contribution in [0.3, 0.4) is 0 Å². The number of amides is 1. The third-order valence-electron chi connectivity index (χ3n) is 12.3. The number of phosphoric acid groups is 1. The molecule has 9 heteroatoms. The predicted molar refractivity (Wildman–Crippen MR) is 256 cm³/mol. The minimum Gasteiger partial charge on any atom is -0.756 e. The summed E-state index contributed by atoms with van der Waals surface area (Å²) < 4.78 is 23.1. The summed E-state index contributed by atoms with van der Waals surface area (Å²) in [5, 5.41) is 13.7. The van der Waals surface area contributed by atoms with E-state index < -0.39 is 20.0 Å². The molecule has 0 saturated carbocycles.